The summed E-state index contributed by atoms with van der Waals surface area (Å²) in [5.41, 5.74) is -0.171. The van der Waals surface area contributed by atoms with Crippen LogP contribution in [-0.4, -0.2) is 37.3 Å². The van der Waals surface area contributed by atoms with E-state index in [4.69, 9.17) is 34.8 Å². The first-order valence-corrected chi connectivity index (χ1v) is 7.10. The number of halogens is 8. The van der Waals surface area contributed by atoms with Crippen molar-refractivity contribution in [3.63, 3.8) is 0 Å². The van der Waals surface area contributed by atoms with E-state index < -0.39 is 12.2 Å². The number of benzene rings is 1. The van der Waals surface area contributed by atoms with Crippen LogP contribution in [0.5, 0.6) is 0 Å². The van der Waals surface area contributed by atoms with Crippen molar-refractivity contribution in [2.75, 3.05) is 26.2 Å². The van der Waals surface area contributed by atoms with E-state index in [0.29, 0.717) is 13.1 Å². The molecule has 22 heavy (non-hydrogen) atoms. The third-order valence-corrected chi connectivity index (χ3v) is 4.33. The second-order valence-corrected chi connectivity index (χ2v) is 5.68. The van der Waals surface area contributed by atoms with Crippen LogP contribution in [0.25, 0.3) is 0 Å². The van der Waals surface area contributed by atoms with Gasteiger partial charge in [0.2, 0.25) is 0 Å². The number of hydrogen-bond donors (Lipinski definition) is 1. The Labute approximate surface area is 154 Å². The monoisotopic (exact) mass is 418 g/mol. The molecule has 2 nitrogen and oxygen atoms in total. The van der Waals surface area contributed by atoms with Gasteiger partial charge < -0.3 is 5.32 Å². The quantitative estimate of drug-likeness (QED) is 0.678. The smallest absolute Gasteiger partial charge is 0.314 e. The molecule has 1 aliphatic rings. The molecule has 1 aromatic rings. The van der Waals surface area contributed by atoms with E-state index >= 15 is 0 Å². The zero-order valence-electron chi connectivity index (χ0n) is 11.1. The highest BCUT2D eigenvalue weighted by atomic mass is 35.5. The summed E-state index contributed by atoms with van der Waals surface area (Å²) < 4.78 is 40.4. The van der Waals surface area contributed by atoms with Crippen LogP contribution >= 0.6 is 59.6 Å². The minimum absolute atomic E-state index is 0. The number of nitrogens with one attached hydrogen (secondary N) is 1. The molecule has 0 bridgehead atoms. The maximum atomic E-state index is 13.5. The van der Waals surface area contributed by atoms with E-state index in [-0.39, 0.29) is 58.5 Å². The highest BCUT2D eigenvalue weighted by molar-refractivity contribution is 6.44. The molecular weight excluding hydrogens is 406 g/mol. The van der Waals surface area contributed by atoms with Gasteiger partial charge in [-0.15, -0.1) is 24.8 Å². The van der Waals surface area contributed by atoms with E-state index in [1.165, 1.54) is 17.0 Å². The van der Waals surface area contributed by atoms with Gasteiger partial charge in [0.1, 0.15) is 6.04 Å². The molecular formula is C12H14Cl5F3N2. The summed E-state index contributed by atoms with van der Waals surface area (Å²) in [6, 6.07) is 0.885. The second-order valence-electron chi connectivity index (χ2n) is 4.49. The lowest BCUT2D eigenvalue weighted by Gasteiger charge is -2.37. The molecule has 10 heteroatoms. The molecule has 1 aromatic carbocycles. The average Bonchev–Trinajstić information content (AvgIpc) is 2.39. The molecule has 2 rings (SSSR count). The van der Waals surface area contributed by atoms with Crippen molar-refractivity contribution in [1.29, 1.82) is 0 Å². The number of rotatable bonds is 2. The topological polar surface area (TPSA) is 15.3 Å². The largest absolute Gasteiger partial charge is 0.408 e. The molecule has 0 saturated carbocycles. The van der Waals surface area contributed by atoms with Gasteiger partial charge >= 0.3 is 6.18 Å². The second kappa shape index (κ2) is 9.02. The Balaban J connectivity index is 0.00000220. The van der Waals surface area contributed by atoms with Gasteiger partial charge in [-0.1, -0.05) is 34.8 Å². The average molecular weight is 421 g/mol. The highest BCUT2D eigenvalue weighted by Crippen LogP contribution is 2.45. The van der Waals surface area contributed by atoms with Crippen molar-refractivity contribution in [3.8, 4) is 0 Å². The molecule has 0 aromatic heterocycles. The van der Waals surface area contributed by atoms with Crippen molar-refractivity contribution in [3.05, 3.63) is 32.8 Å². The SMILES string of the molecule is Cl.Cl.FC(F)(F)[C@@H](c1c(Cl)ccc(Cl)c1Cl)N1CCNCC1. The van der Waals surface area contributed by atoms with E-state index in [9.17, 15) is 13.2 Å². The van der Waals surface area contributed by atoms with Crippen LogP contribution in [0, 0.1) is 0 Å². The van der Waals surface area contributed by atoms with E-state index in [1.54, 1.807) is 0 Å². The fourth-order valence-electron chi connectivity index (χ4n) is 2.29. The molecule has 0 unspecified atom stereocenters. The lowest BCUT2D eigenvalue weighted by Crippen LogP contribution is -2.49. The fraction of sp³-hybridized carbons (Fsp3) is 0.500. The molecule has 0 aliphatic carbocycles. The summed E-state index contributed by atoms with van der Waals surface area (Å²) in [5.74, 6) is 0. The fourth-order valence-corrected chi connectivity index (χ4v) is 3.03. The van der Waals surface area contributed by atoms with Crippen LogP contribution in [0.15, 0.2) is 12.1 Å². The zero-order chi connectivity index (χ0) is 14.9. The van der Waals surface area contributed by atoms with Crippen molar-refractivity contribution in [1.82, 2.24) is 10.2 Å². The number of piperazine rings is 1. The third-order valence-electron chi connectivity index (χ3n) is 3.18. The van der Waals surface area contributed by atoms with E-state index in [2.05, 4.69) is 5.32 Å². The van der Waals surface area contributed by atoms with Gasteiger partial charge in [-0.25, -0.2) is 0 Å². The third kappa shape index (κ3) is 4.94. The minimum Gasteiger partial charge on any atom is -0.314 e. The summed E-state index contributed by atoms with van der Waals surface area (Å²) in [6.45, 7) is 1.51. The lowest BCUT2D eigenvalue weighted by molar-refractivity contribution is -0.187. The van der Waals surface area contributed by atoms with Gasteiger partial charge in [-0.3, -0.25) is 4.90 Å². The zero-order valence-corrected chi connectivity index (χ0v) is 15.0. The predicted molar refractivity (Wildman–Crippen MR) is 89.2 cm³/mol. The Bertz CT molecular complexity index is 492. The first-order valence-electron chi connectivity index (χ1n) is 5.97. The van der Waals surface area contributed by atoms with Crippen LogP contribution in [0.2, 0.25) is 15.1 Å². The lowest BCUT2D eigenvalue weighted by atomic mass is 10.0. The van der Waals surface area contributed by atoms with Crippen molar-refractivity contribution in [2.45, 2.75) is 12.2 Å². The van der Waals surface area contributed by atoms with Crippen LogP contribution in [0.4, 0.5) is 13.2 Å². The molecule has 1 saturated heterocycles. The first kappa shape index (κ1) is 22.4. The van der Waals surface area contributed by atoms with Crippen molar-refractivity contribution >= 4 is 59.6 Å². The highest BCUT2D eigenvalue weighted by Gasteiger charge is 2.47. The van der Waals surface area contributed by atoms with E-state index in [0.717, 1.165) is 0 Å². The van der Waals surface area contributed by atoms with Gasteiger partial charge in [-0.2, -0.15) is 13.2 Å². The first-order chi connectivity index (χ1) is 9.32. The van der Waals surface area contributed by atoms with Crippen LogP contribution < -0.4 is 5.32 Å². The maximum Gasteiger partial charge on any atom is 0.408 e. The molecule has 0 spiro atoms. The molecule has 0 amide bonds. The Kier molecular flexibility index (Phi) is 9.17. The summed E-state index contributed by atoms with van der Waals surface area (Å²) in [5, 5.41) is 2.91. The van der Waals surface area contributed by atoms with E-state index in [1.807, 2.05) is 0 Å². The summed E-state index contributed by atoms with van der Waals surface area (Å²) in [7, 11) is 0. The Morgan fingerprint density at radius 2 is 1.50 bits per heavy atom. The Hall–Kier alpha value is 0.380. The van der Waals surface area contributed by atoms with Gasteiger partial charge in [0.15, 0.2) is 0 Å². The molecule has 1 heterocycles. The van der Waals surface area contributed by atoms with Crippen molar-refractivity contribution < 1.29 is 13.2 Å². The number of alkyl halides is 3. The van der Waals surface area contributed by atoms with Gasteiger partial charge in [0, 0.05) is 36.8 Å². The molecule has 1 atom stereocenters. The standard InChI is InChI=1S/C12H12Cl3F3N2.2ClH/c13-7-1-2-8(14)10(15)9(7)11(12(16,17)18)20-5-3-19-4-6-20;;/h1-2,11,19H,3-6H2;2*1H/t11-;;/m1../s1. The summed E-state index contributed by atoms with van der Waals surface area (Å²) in [6.07, 6.45) is -4.48. The molecule has 128 valence electrons. The van der Waals surface area contributed by atoms with Crippen LogP contribution in [0.1, 0.15) is 11.6 Å². The summed E-state index contributed by atoms with van der Waals surface area (Å²) >= 11 is 17.7. The predicted octanol–water partition coefficient (Wildman–Crippen LogP) is 5.00. The normalized spacial score (nSPS) is 17.4. The molecule has 1 aliphatic heterocycles. The summed E-state index contributed by atoms with van der Waals surface area (Å²) in [4.78, 5) is 1.32. The van der Waals surface area contributed by atoms with Gasteiger partial charge in [0.25, 0.3) is 0 Å². The molecule has 1 fully saturated rings. The Morgan fingerprint density at radius 3 is 2.00 bits per heavy atom. The van der Waals surface area contributed by atoms with Crippen molar-refractivity contribution in [2.24, 2.45) is 0 Å². The van der Waals surface area contributed by atoms with Crippen LogP contribution in [0.3, 0.4) is 0 Å². The molecule has 1 N–H and O–H groups in total. The Morgan fingerprint density at radius 1 is 1.00 bits per heavy atom. The minimum atomic E-state index is -4.48. The van der Waals surface area contributed by atoms with Gasteiger partial charge in [0.05, 0.1) is 10.0 Å². The maximum absolute atomic E-state index is 13.5. The number of hydrogen-bond acceptors (Lipinski definition) is 2. The molecule has 0 radical (unpaired) electrons. The van der Waals surface area contributed by atoms with Crippen LogP contribution in [-0.2, 0) is 0 Å². The number of nitrogens with zero attached hydrogens (tertiary/aromatic N) is 1. The van der Waals surface area contributed by atoms with Gasteiger partial charge in [-0.05, 0) is 12.1 Å².